The van der Waals surface area contributed by atoms with Gasteiger partial charge in [0.15, 0.2) is 16.6 Å². The van der Waals surface area contributed by atoms with Gasteiger partial charge in [0.2, 0.25) is 0 Å². The van der Waals surface area contributed by atoms with Crippen molar-refractivity contribution >= 4 is 24.2 Å². The standard InChI is InChI=1S/C13H26NO3PSi2/c1-19(2,3)16-18(15,17-20(4,5)6)12-10-13-9-7-8-11-14-13/h7-9,11H,10,12H2,1-6H3. The van der Waals surface area contributed by atoms with E-state index < -0.39 is 24.2 Å². The molecular formula is C13H26NO3PSi2. The second kappa shape index (κ2) is 6.66. The summed E-state index contributed by atoms with van der Waals surface area (Å²) in [5.74, 6) is 0. The van der Waals surface area contributed by atoms with E-state index in [9.17, 15) is 4.57 Å². The van der Waals surface area contributed by atoms with Crippen molar-refractivity contribution in [1.82, 2.24) is 4.98 Å². The molecule has 0 aromatic carbocycles. The number of pyridine rings is 1. The molecule has 1 rings (SSSR count). The minimum atomic E-state index is -3.04. The largest absolute Gasteiger partial charge is 0.352 e. The third-order valence-corrected chi connectivity index (χ3v) is 9.57. The van der Waals surface area contributed by atoms with E-state index in [2.05, 4.69) is 4.98 Å². The minimum absolute atomic E-state index is 0.401. The monoisotopic (exact) mass is 331 g/mol. The molecule has 0 aliphatic heterocycles. The van der Waals surface area contributed by atoms with E-state index in [0.717, 1.165) is 5.69 Å². The van der Waals surface area contributed by atoms with Gasteiger partial charge in [-0.1, -0.05) is 6.07 Å². The Labute approximate surface area is 124 Å². The van der Waals surface area contributed by atoms with Crippen LogP contribution in [0.2, 0.25) is 39.3 Å². The molecule has 0 aliphatic rings. The van der Waals surface area contributed by atoms with Crippen molar-refractivity contribution in [3.05, 3.63) is 30.1 Å². The number of rotatable bonds is 7. The van der Waals surface area contributed by atoms with Crippen molar-refractivity contribution in [2.45, 2.75) is 45.7 Å². The summed E-state index contributed by atoms with van der Waals surface area (Å²) in [5, 5.41) is 0. The van der Waals surface area contributed by atoms with Crippen LogP contribution in [0.5, 0.6) is 0 Å². The van der Waals surface area contributed by atoms with Crippen LogP contribution in [0.4, 0.5) is 0 Å². The Morgan fingerprint density at radius 2 is 1.60 bits per heavy atom. The SMILES string of the molecule is C[Si](C)(C)OP(=O)(CCc1ccccn1)O[Si](C)(C)C. The number of aryl methyl sites for hydroxylation is 1. The molecule has 4 nitrogen and oxygen atoms in total. The summed E-state index contributed by atoms with van der Waals surface area (Å²) in [6.07, 6.45) is 2.77. The summed E-state index contributed by atoms with van der Waals surface area (Å²) in [4.78, 5) is 4.27. The highest BCUT2D eigenvalue weighted by Crippen LogP contribution is 2.53. The third kappa shape index (κ3) is 7.50. The lowest BCUT2D eigenvalue weighted by molar-refractivity contribution is 0.382. The Morgan fingerprint density at radius 3 is 2.00 bits per heavy atom. The molecule has 114 valence electrons. The van der Waals surface area contributed by atoms with E-state index in [-0.39, 0.29) is 0 Å². The van der Waals surface area contributed by atoms with Crippen LogP contribution in [0.3, 0.4) is 0 Å². The maximum absolute atomic E-state index is 13.0. The van der Waals surface area contributed by atoms with Gasteiger partial charge in [-0.2, -0.15) is 0 Å². The fourth-order valence-electron chi connectivity index (χ4n) is 1.74. The van der Waals surface area contributed by atoms with E-state index >= 15 is 0 Å². The van der Waals surface area contributed by atoms with Crippen LogP contribution >= 0.6 is 7.60 Å². The van der Waals surface area contributed by atoms with Crippen molar-refractivity contribution in [2.24, 2.45) is 0 Å². The highest BCUT2D eigenvalue weighted by Gasteiger charge is 2.36. The molecule has 0 spiro atoms. The Bertz CT molecular complexity index is 449. The number of nitrogens with zero attached hydrogens (tertiary/aromatic N) is 1. The van der Waals surface area contributed by atoms with Gasteiger partial charge in [0.25, 0.3) is 0 Å². The summed E-state index contributed by atoms with van der Waals surface area (Å²) in [6, 6.07) is 5.75. The van der Waals surface area contributed by atoms with Crippen molar-refractivity contribution < 1.29 is 13.0 Å². The smallest absolute Gasteiger partial charge is 0.311 e. The van der Waals surface area contributed by atoms with E-state index in [0.29, 0.717) is 12.6 Å². The highest BCUT2D eigenvalue weighted by molar-refractivity contribution is 7.57. The van der Waals surface area contributed by atoms with Gasteiger partial charge < -0.3 is 8.43 Å². The zero-order valence-electron chi connectivity index (χ0n) is 13.3. The van der Waals surface area contributed by atoms with Gasteiger partial charge in [-0.25, -0.2) is 0 Å². The maximum Gasteiger partial charge on any atom is 0.311 e. The topological polar surface area (TPSA) is 48.4 Å². The normalized spacial score (nSPS) is 13.5. The quantitative estimate of drug-likeness (QED) is 0.544. The van der Waals surface area contributed by atoms with Crippen LogP contribution in [-0.2, 0) is 19.4 Å². The molecule has 0 saturated heterocycles. The van der Waals surface area contributed by atoms with Gasteiger partial charge in [0.1, 0.15) is 0 Å². The summed E-state index contributed by atoms with van der Waals surface area (Å²) in [6.45, 7) is 12.2. The van der Waals surface area contributed by atoms with Gasteiger partial charge in [-0.3, -0.25) is 9.55 Å². The predicted molar refractivity (Wildman–Crippen MR) is 89.3 cm³/mol. The first-order valence-corrected chi connectivity index (χ1v) is 15.4. The van der Waals surface area contributed by atoms with Crippen LogP contribution in [0.1, 0.15) is 5.69 Å². The molecule has 1 aromatic rings. The highest BCUT2D eigenvalue weighted by atomic mass is 31.2. The van der Waals surface area contributed by atoms with Gasteiger partial charge in [0, 0.05) is 18.3 Å². The molecule has 0 amide bonds. The Kier molecular flexibility index (Phi) is 5.93. The average molecular weight is 332 g/mol. The van der Waals surface area contributed by atoms with Crippen LogP contribution in [0.15, 0.2) is 24.4 Å². The van der Waals surface area contributed by atoms with Crippen molar-refractivity contribution in [1.29, 1.82) is 0 Å². The van der Waals surface area contributed by atoms with Crippen molar-refractivity contribution in [3.8, 4) is 0 Å². The molecule has 7 heteroatoms. The van der Waals surface area contributed by atoms with Crippen LogP contribution in [0.25, 0.3) is 0 Å². The van der Waals surface area contributed by atoms with E-state index in [4.69, 9.17) is 8.43 Å². The number of hydrogen-bond donors (Lipinski definition) is 0. The Balaban J connectivity index is 2.80. The molecule has 0 fully saturated rings. The molecule has 0 saturated carbocycles. The predicted octanol–water partition coefficient (Wildman–Crippen LogP) is 4.52. The molecule has 0 N–H and O–H groups in total. The fraction of sp³-hybridized carbons (Fsp3) is 0.615. The molecule has 1 heterocycles. The summed E-state index contributed by atoms with van der Waals surface area (Å²) in [7, 11) is -6.88. The van der Waals surface area contributed by atoms with E-state index in [1.807, 2.05) is 57.5 Å². The zero-order chi connectivity index (χ0) is 15.4. The van der Waals surface area contributed by atoms with Gasteiger partial charge in [-0.05, 0) is 51.4 Å². The van der Waals surface area contributed by atoms with Crippen LogP contribution in [0, 0.1) is 0 Å². The summed E-state index contributed by atoms with van der Waals surface area (Å²) >= 11 is 0. The average Bonchev–Trinajstić information content (AvgIpc) is 2.23. The molecule has 1 aromatic heterocycles. The lowest BCUT2D eigenvalue weighted by atomic mass is 10.3. The van der Waals surface area contributed by atoms with Crippen molar-refractivity contribution in [2.75, 3.05) is 6.16 Å². The van der Waals surface area contributed by atoms with Crippen LogP contribution in [-0.4, -0.2) is 27.8 Å². The van der Waals surface area contributed by atoms with Gasteiger partial charge >= 0.3 is 7.60 Å². The number of aromatic nitrogens is 1. The van der Waals surface area contributed by atoms with E-state index in [1.165, 1.54) is 0 Å². The van der Waals surface area contributed by atoms with Crippen molar-refractivity contribution in [3.63, 3.8) is 0 Å². The summed E-state index contributed by atoms with van der Waals surface area (Å²) < 4.78 is 24.8. The molecule has 0 radical (unpaired) electrons. The lowest BCUT2D eigenvalue weighted by Crippen LogP contribution is -2.30. The first-order chi connectivity index (χ1) is 8.99. The maximum atomic E-state index is 13.0. The number of hydrogen-bond acceptors (Lipinski definition) is 4. The lowest BCUT2D eigenvalue weighted by Gasteiger charge is -2.31. The second-order valence-corrected chi connectivity index (χ2v) is 18.4. The first-order valence-electron chi connectivity index (χ1n) is 6.90. The molecular weight excluding hydrogens is 305 g/mol. The Hall–Kier alpha value is -0.266. The fourth-order valence-corrected chi connectivity index (χ4v) is 10.1. The van der Waals surface area contributed by atoms with Gasteiger partial charge in [0.05, 0.1) is 6.16 Å². The van der Waals surface area contributed by atoms with E-state index in [1.54, 1.807) is 6.20 Å². The van der Waals surface area contributed by atoms with Crippen LogP contribution < -0.4 is 0 Å². The second-order valence-electron chi connectivity index (χ2n) is 6.81. The molecule has 0 aliphatic carbocycles. The zero-order valence-corrected chi connectivity index (χ0v) is 16.2. The molecule has 0 atom stereocenters. The Morgan fingerprint density at radius 1 is 1.05 bits per heavy atom. The van der Waals surface area contributed by atoms with Gasteiger partial charge in [-0.15, -0.1) is 0 Å². The first kappa shape index (κ1) is 17.8. The summed E-state index contributed by atoms with van der Waals surface area (Å²) in [5.41, 5.74) is 0.922. The minimum Gasteiger partial charge on any atom is -0.352 e. The molecule has 0 bridgehead atoms. The molecule has 0 unspecified atom stereocenters. The third-order valence-electron chi connectivity index (χ3n) is 2.19. The molecule has 20 heavy (non-hydrogen) atoms.